The fraction of sp³-hybridized carbons (Fsp3) is 0.200. The summed E-state index contributed by atoms with van der Waals surface area (Å²) in [6, 6.07) is 15.6. The molecule has 0 aliphatic carbocycles. The lowest BCUT2D eigenvalue weighted by Gasteiger charge is -2.22. The second-order valence-electron chi connectivity index (χ2n) is 4.15. The Bertz CT molecular complexity index is 546. The summed E-state index contributed by atoms with van der Waals surface area (Å²) in [4.78, 5) is 6.24. The third-order valence-corrected chi connectivity index (χ3v) is 2.79. The molecule has 1 aromatic carbocycles. The molecule has 0 amide bonds. The van der Waals surface area contributed by atoms with Gasteiger partial charge in [-0.05, 0) is 17.7 Å². The fourth-order valence-electron chi connectivity index (χ4n) is 1.84. The van der Waals surface area contributed by atoms with Gasteiger partial charge in [0.05, 0.1) is 12.2 Å². The molecular formula is C15H15N3O. The van der Waals surface area contributed by atoms with Gasteiger partial charge in [0.25, 0.3) is 0 Å². The van der Waals surface area contributed by atoms with Crippen LogP contribution in [0.4, 0.5) is 5.82 Å². The van der Waals surface area contributed by atoms with Gasteiger partial charge in [-0.2, -0.15) is 5.26 Å². The van der Waals surface area contributed by atoms with Crippen molar-refractivity contribution in [1.82, 2.24) is 4.98 Å². The number of pyridine rings is 1. The highest BCUT2D eigenvalue weighted by atomic mass is 16.3. The molecule has 0 bridgehead atoms. The standard InChI is InChI=1S/C15H15N3O/c16-10-14-6-7-15(17-11-14)18(8-9-19)12-13-4-2-1-3-5-13/h1-7,11,19H,8-9,12H2. The molecule has 0 unspecified atom stereocenters. The highest BCUT2D eigenvalue weighted by molar-refractivity contribution is 5.42. The van der Waals surface area contributed by atoms with Gasteiger partial charge in [0, 0.05) is 19.3 Å². The average Bonchev–Trinajstić information content (AvgIpc) is 2.48. The van der Waals surface area contributed by atoms with E-state index in [1.165, 1.54) is 0 Å². The summed E-state index contributed by atoms with van der Waals surface area (Å²) in [5, 5.41) is 17.9. The van der Waals surface area contributed by atoms with Crippen LogP contribution < -0.4 is 4.90 Å². The Morgan fingerprint density at radius 1 is 1.16 bits per heavy atom. The molecule has 0 radical (unpaired) electrons. The van der Waals surface area contributed by atoms with Gasteiger partial charge >= 0.3 is 0 Å². The number of aliphatic hydroxyl groups excluding tert-OH is 1. The van der Waals surface area contributed by atoms with Crippen molar-refractivity contribution in [2.24, 2.45) is 0 Å². The Balaban J connectivity index is 2.17. The summed E-state index contributed by atoms with van der Waals surface area (Å²) in [5.41, 5.74) is 1.69. The quantitative estimate of drug-likeness (QED) is 0.884. The normalized spacial score (nSPS) is 9.89. The summed E-state index contributed by atoms with van der Waals surface area (Å²) in [6.45, 7) is 1.25. The van der Waals surface area contributed by atoms with Gasteiger partial charge in [-0.1, -0.05) is 30.3 Å². The number of nitrogens with zero attached hydrogens (tertiary/aromatic N) is 3. The van der Waals surface area contributed by atoms with Crippen molar-refractivity contribution in [3.8, 4) is 6.07 Å². The van der Waals surface area contributed by atoms with Crippen molar-refractivity contribution in [1.29, 1.82) is 5.26 Å². The molecule has 0 spiro atoms. The molecule has 19 heavy (non-hydrogen) atoms. The first-order valence-electron chi connectivity index (χ1n) is 6.09. The number of aliphatic hydroxyl groups is 1. The van der Waals surface area contributed by atoms with Crippen molar-refractivity contribution in [2.45, 2.75) is 6.54 Å². The van der Waals surface area contributed by atoms with Crippen molar-refractivity contribution in [3.63, 3.8) is 0 Å². The monoisotopic (exact) mass is 253 g/mol. The second-order valence-corrected chi connectivity index (χ2v) is 4.15. The van der Waals surface area contributed by atoms with Crippen LogP contribution in [0.25, 0.3) is 0 Å². The number of nitriles is 1. The molecule has 1 aromatic heterocycles. The van der Waals surface area contributed by atoms with E-state index in [1.54, 1.807) is 18.3 Å². The van der Waals surface area contributed by atoms with Crippen LogP contribution in [0.1, 0.15) is 11.1 Å². The Hall–Kier alpha value is -2.38. The Morgan fingerprint density at radius 2 is 1.95 bits per heavy atom. The van der Waals surface area contributed by atoms with Gasteiger partial charge in [-0.25, -0.2) is 4.98 Å². The van der Waals surface area contributed by atoms with Gasteiger partial charge in [0.2, 0.25) is 0 Å². The maximum atomic E-state index is 9.15. The van der Waals surface area contributed by atoms with Crippen LogP contribution in [0, 0.1) is 11.3 Å². The first-order chi connectivity index (χ1) is 9.33. The molecule has 96 valence electrons. The van der Waals surface area contributed by atoms with E-state index in [0.29, 0.717) is 18.7 Å². The predicted molar refractivity (Wildman–Crippen MR) is 73.5 cm³/mol. The molecule has 1 heterocycles. The molecular weight excluding hydrogens is 238 g/mol. The molecule has 0 aliphatic heterocycles. The van der Waals surface area contributed by atoms with Crippen molar-refractivity contribution < 1.29 is 5.11 Å². The minimum Gasteiger partial charge on any atom is -0.395 e. The number of benzene rings is 1. The van der Waals surface area contributed by atoms with Gasteiger partial charge in [0.15, 0.2) is 0 Å². The zero-order chi connectivity index (χ0) is 13.5. The van der Waals surface area contributed by atoms with Crippen LogP contribution in [0.3, 0.4) is 0 Å². The number of rotatable bonds is 5. The number of aromatic nitrogens is 1. The van der Waals surface area contributed by atoms with Crippen LogP contribution in [-0.2, 0) is 6.54 Å². The Labute approximate surface area is 112 Å². The highest BCUT2D eigenvalue weighted by Crippen LogP contribution is 2.14. The maximum Gasteiger partial charge on any atom is 0.128 e. The van der Waals surface area contributed by atoms with E-state index in [1.807, 2.05) is 41.3 Å². The fourth-order valence-corrected chi connectivity index (χ4v) is 1.84. The van der Waals surface area contributed by atoms with Crippen LogP contribution in [-0.4, -0.2) is 23.2 Å². The predicted octanol–water partition coefficient (Wildman–Crippen LogP) is 1.95. The van der Waals surface area contributed by atoms with Crippen LogP contribution in [0.5, 0.6) is 0 Å². The number of anilines is 1. The Morgan fingerprint density at radius 3 is 2.53 bits per heavy atom. The molecule has 4 nitrogen and oxygen atoms in total. The zero-order valence-electron chi connectivity index (χ0n) is 10.5. The van der Waals surface area contributed by atoms with Gasteiger partial charge in [-0.15, -0.1) is 0 Å². The van der Waals surface area contributed by atoms with E-state index in [0.717, 1.165) is 11.4 Å². The maximum absolute atomic E-state index is 9.15. The molecule has 4 heteroatoms. The van der Waals surface area contributed by atoms with E-state index >= 15 is 0 Å². The molecule has 0 saturated heterocycles. The number of hydrogen-bond acceptors (Lipinski definition) is 4. The van der Waals surface area contributed by atoms with E-state index < -0.39 is 0 Å². The summed E-state index contributed by atoms with van der Waals surface area (Å²) in [7, 11) is 0. The summed E-state index contributed by atoms with van der Waals surface area (Å²) < 4.78 is 0. The van der Waals surface area contributed by atoms with E-state index in [4.69, 9.17) is 10.4 Å². The molecule has 0 atom stereocenters. The lowest BCUT2D eigenvalue weighted by molar-refractivity contribution is 0.301. The highest BCUT2D eigenvalue weighted by Gasteiger charge is 2.08. The van der Waals surface area contributed by atoms with E-state index in [-0.39, 0.29) is 6.61 Å². The first-order valence-corrected chi connectivity index (χ1v) is 6.09. The lowest BCUT2D eigenvalue weighted by Crippen LogP contribution is -2.26. The van der Waals surface area contributed by atoms with E-state index in [2.05, 4.69) is 4.98 Å². The van der Waals surface area contributed by atoms with Gasteiger partial charge in [-0.3, -0.25) is 0 Å². The smallest absolute Gasteiger partial charge is 0.128 e. The molecule has 0 fully saturated rings. The molecule has 0 aliphatic rings. The average molecular weight is 253 g/mol. The van der Waals surface area contributed by atoms with Crippen molar-refractivity contribution in [3.05, 3.63) is 59.8 Å². The first kappa shape index (κ1) is 13.1. The number of hydrogen-bond donors (Lipinski definition) is 1. The third kappa shape index (κ3) is 3.54. The van der Waals surface area contributed by atoms with E-state index in [9.17, 15) is 0 Å². The van der Waals surface area contributed by atoms with Crippen LogP contribution in [0.15, 0.2) is 48.7 Å². The minimum absolute atomic E-state index is 0.0640. The van der Waals surface area contributed by atoms with Gasteiger partial charge < -0.3 is 10.0 Å². The van der Waals surface area contributed by atoms with Gasteiger partial charge in [0.1, 0.15) is 11.9 Å². The zero-order valence-corrected chi connectivity index (χ0v) is 10.5. The van der Waals surface area contributed by atoms with Crippen LogP contribution in [0.2, 0.25) is 0 Å². The summed E-state index contributed by atoms with van der Waals surface area (Å²) >= 11 is 0. The molecule has 0 saturated carbocycles. The van der Waals surface area contributed by atoms with Crippen molar-refractivity contribution >= 4 is 5.82 Å². The minimum atomic E-state index is 0.0640. The SMILES string of the molecule is N#Cc1ccc(N(CCO)Cc2ccccc2)nc1. The topological polar surface area (TPSA) is 60.2 Å². The van der Waals surface area contributed by atoms with Crippen molar-refractivity contribution in [2.75, 3.05) is 18.1 Å². The van der Waals surface area contributed by atoms with Crippen LogP contribution >= 0.6 is 0 Å². The molecule has 1 N–H and O–H groups in total. The summed E-state index contributed by atoms with van der Waals surface area (Å²) in [5.74, 6) is 0.761. The second kappa shape index (κ2) is 6.53. The third-order valence-electron chi connectivity index (χ3n) is 2.79. The summed E-state index contributed by atoms with van der Waals surface area (Å²) in [6.07, 6.45) is 1.55. The Kier molecular flexibility index (Phi) is 4.49. The molecule has 2 aromatic rings. The lowest BCUT2D eigenvalue weighted by atomic mass is 10.2. The largest absolute Gasteiger partial charge is 0.395 e. The molecule has 2 rings (SSSR count).